The van der Waals surface area contributed by atoms with Gasteiger partial charge < -0.3 is 10.2 Å². The number of nitrogens with zero attached hydrogens (tertiary/aromatic N) is 3. The largest absolute Gasteiger partial charge is 0.339 e. The number of aryl methyl sites for hydroxylation is 1. The van der Waals surface area contributed by atoms with Gasteiger partial charge in [0.1, 0.15) is 11.9 Å². The van der Waals surface area contributed by atoms with Gasteiger partial charge in [0.2, 0.25) is 5.91 Å². The minimum Gasteiger partial charge on any atom is -0.339 e. The standard InChI is InChI=1S/C16H14N4O/c1-20-14-6-5-13(9-11(14)4-7-15(20)21)19-16-12(10-17)3-2-8-18-16/h2-3,5-6,8-9H,4,7H2,1H3,(H,18,19). The fourth-order valence-electron chi connectivity index (χ4n) is 2.47. The Bertz CT molecular complexity index is 748. The quantitative estimate of drug-likeness (QED) is 0.916. The van der Waals surface area contributed by atoms with Crippen LogP contribution in [0.2, 0.25) is 0 Å². The molecular formula is C16H14N4O. The summed E-state index contributed by atoms with van der Waals surface area (Å²) in [7, 11) is 1.79. The van der Waals surface area contributed by atoms with Crippen molar-refractivity contribution in [2.45, 2.75) is 12.8 Å². The van der Waals surface area contributed by atoms with E-state index in [2.05, 4.69) is 16.4 Å². The van der Waals surface area contributed by atoms with Gasteiger partial charge >= 0.3 is 0 Å². The van der Waals surface area contributed by atoms with Gasteiger partial charge in [0.05, 0.1) is 5.56 Å². The van der Waals surface area contributed by atoms with Crippen LogP contribution < -0.4 is 10.2 Å². The van der Waals surface area contributed by atoms with Crippen LogP contribution in [-0.4, -0.2) is 17.9 Å². The molecule has 2 heterocycles. The molecule has 21 heavy (non-hydrogen) atoms. The first-order valence-electron chi connectivity index (χ1n) is 6.70. The van der Waals surface area contributed by atoms with E-state index in [9.17, 15) is 4.79 Å². The minimum absolute atomic E-state index is 0.139. The number of hydrogen-bond donors (Lipinski definition) is 1. The fourth-order valence-corrected chi connectivity index (χ4v) is 2.47. The fraction of sp³-hybridized carbons (Fsp3) is 0.188. The van der Waals surface area contributed by atoms with Crippen molar-refractivity contribution >= 4 is 23.1 Å². The topological polar surface area (TPSA) is 69.0 Å². The third-order valence-corrected chi connectivity index (χ3v) is 3.61. The van der Waals surface area contributed by atoms with Gasteiger partial charge in [-0.1, -0.05) is 0 Å². The van der Waals surface area contributed by atoms with Crippen molar-refractivity contribution in [1.29, 1.82) is 5.26 Å². The van der Waals surface area contributed by atoms with E-state index in [1.54, 1.807) is 30.3 Å². The van der Waals surface area contributed by atoms with Crippen molar-refractivity contribution in [2.24, 2.45) is 0 Å². The molecule has 0 atom stereocenters. The summed E-state index contributed by atoms with van der Waals surface area (Å²) in [4.78, 5) is 17.6. The number of nitriles is 1. The maximum Gasteiger partial charge on any atom is 0.227 e. The highest BCUT2D eigenvalue weighted by Gasteiger charge is 2.20. The Hall–Kier alpha value is -2.87. The lowest BCUT2D eigenvalue weighted by atomic mass is 10.0. The van der Waals surface area contributed by atoms with Crippen LogP contribution in [0, 0.1) is 11.3 Å². The molecule has 104 valence electrons. The molecule has 3 rings (SSSR count). The molecular weight excluding hydrogens is 264 g/mol. The van der Waals surface area contributed by atoms with E-state index in [0.717, 1.165) is 23.4 Å². The Morgan fingerprint density at radius 3 is 3.00 bits per heavy atom. The maximum atomic E-state index is 11.7. The molecule has 1 N–H and O–H groups in total. The van der Waals surface area contributed by atoms with Crippen LogP contribution in [-0.2, 0) is 11.2 Å². The van der Waals surface area contributed by atoms with E-state index in [4.69, 9.17) is 5.26 Å². The van der Waals surface area contributed by atoms with E-state index >= 15 is 0 Å². The first kappa shape index (κ1) is 13.1. The van der Waals surface area contributed by atoms with Crippen LogP contribution in [0.1, 0.15) is 17.5 Å². The molecule has 5 nitrogen and oxygen atoms in total. The number of carbonyl (C=O) groups excluding carboxylic acids is 1. The summed E-state index contributed by atoms with van der Waals surface area (Å²) in [5.74, 6) is 0.680. The van der Waals surface area contributed by atoms with Crippen molar-refractivity contribution < 1.29 is 4.79 Å². The lowest BCUT2D eigenvalue weighted by Crippen LogP contribution is -2.31. The maximum absolute atomic E-state index is 11.7. The number of nitrogens with one attached hydrogen (secondary N) is 1. The second-order valence-electron chi connectivity index (χ2n) is 4.93. The molecule has 2 aromatic rings. The Kier molecular flexibility index (Phi) is 3.28. The molecule has 1 aliphatic heterocycles. The van der Waals surface area contributed by atoms with E-state index in [1.807, 2.05) is 18.2 Å². The van der Waals surface area contributed by atoms with Gasteiger partial charge in [-0.3, -0.25) is 4.79 Å². The number of pyridine rings is 1. The van der Waals surface area contributed by atoms with Crippen molar-refractivity contribution in [2.75, 3.05) is 17.3 Å². The summed E-state index contributed by atoms with van der Waals surface area (Å²) in [5.41, 5.74) is 3.43. The number of benzene rings is 1. The first-order chi connectivity index (χ1) is 10.2. The van der Waals surface area contributed by atoms with Gasteiger partial charge in [0, 0.05) is 31.0 Å². The number of anilines is 3. The Balaban J connectivity index is 1.92. The average Bonchev–Trinajstić information content (AvgIpc) is 2.52. The predicted molar refractivity (Wildman–Crippen MR) is 80.4 cm³/mol. The summed E-state index contributed by atoms with van der Waals surface area (Å²) in [6.45, 7) is 0. The molecule has 0 saturated carbocycles. The molecule has 0 fully saturated rings. The van der Waals surface area contributed by atoms with E-state index in [1.165, 1.54) is 0 Å². The number of hydrogen-bond acceptors (Lipinski definition) is 4. The first-order valence-corrected chi connectivity index (χ1v) is 6.70. The molecule has 5 heteroatoms. The molecule has 1 aromatic carbocycles. The third kappa shape index (κ3) is 2.43. The highest BCUT2D eigenvalue weighted by molar-refractivity contribution is 5.96. The van der Waals surface area contributed by atoms with Crippen LogP contribution in [0.25, 0.3) is 0 Å². The zero-order valence-corrected chi connectivity index (χ0v) is 11.6. The molecule has 0 aliphatic carbocycles. The molecule has 1 aliphatic rings. The van der Waals surface area contributed by atoms with E-state index in [0.29, 0.717) is 17.8 Å². The smallest absolute Gasteiger partial charge is 0.227 e. The summed E-state index contributed by atoms with van der Waals surface area (Å²) in [6, 6.07) is 11.4. The second kappa shape index (κ2) is 5.25. The zero-order chi connectivity index (χ0) is 14.8. The van der Waals surface area contributed by atoms with Gasteiger partial charge in [0.15, 0.2) is 0 Å². The van der Waals surface area contributed by atoms with Gasteiger partial charge in [-0.2, -0.15) is 5.26 Å². The highest BCUT2D eigenvalue weighted by Crippen LogP contribution is 2.30. The van der Waals surface area contributed by atoms with E-state index < -0.39 is 0 Å². The Labute approximate surface area is 122 Å². The van der Waals surface area contributed by atoms with Crippen molar-refractivity contribution in [3.8, 4) is 6.07 Å². The SMILES string of the molecule is CN1C(=O)CCc2cc(Nc3ncccc3C#N)ccc21. The molecule has 0 saturated heterocycles. The van der Waals surface area contributed by atoms with Gasteiger partial charge in [-0.15, -0.1) is 0 Å². The normalized spacial score (nSPS) is 13.5. The third-order valence-electron chi connectivity index (χ3n) is 3.61. The number of carbonyl (C=O) groups is 1. The van der Waals surface area contributed by atoms with Gasteiger partial charge in [-0.25, -0.2) is 4.98 Å². The second-order valence-corrected chi connectivity index (χ2v) is 4.93. The molecule has 0 spiro atoms. The molecule has 0 unspecified atom stereocenters. The van der Waals surface area contributed by atoms with Crippen LogP contribution in [0.15, 0.2) is 36.5 Å². The zero-order valence-electron chi connectivity index (χ0n) is 11.6. The van der Waals surface area contributed by atoms with Crippen LogP contribution >= 0.6 is 0 Å². The Morgan fingerprint density at radius 1 is 1.33 bits per heavy atom. The summed E-state index contributed by atoms with van der Waals surface area (Å²) >= 11 is 0. The van der Waals surface area contributed by atoms with Crippen molar-refractivity contribution in [3.05, 3.63) is 47.7 Å². The predicted octanol–water partition coefficient (Wildman–Crippen LogP) is 2.61. The summed E-state index contributed by atoms with van der Waals surface area (Å²) in [6.07, 6.45) is 2.91. The Morgan fingerprint density at radius 2 is 2.19 bits per heavy atom. The van der Waals surface area contributed by atoms with Crippen molar-refractivity contribution in [1.82, 2.24) is 4.98 Å². The van der Waals surface area contributed by atoms with Crippen LogP contribution in [0.5, 0.6) is 0 Å². The molecule has 1 amide bonds. The average molecular weight is 278 g/mol. The number of fused-ring (bicyclic) bond motifs is 1. The van der Waals surface area contributed by atoms with E-state index in [-0.39, 0.29) is 5.91 Å². The molecule has 1 aromatic heterocycles. The van der Waals surface area contributed by atoms with Crippen LogP contribution in [0.3, 0.4) is 0 Å². The lowest BCUT2D eigenvalue weighted by Gasteiger charge is -2.26. The minimum atomic E-state index is 0.139. The summed E-state index contributed by atoms with van der Waals surface area (Å²) < 4.78 is 0. The number of rotatable bonds is 2. The summed E-state index contributed by atoms with van der Waals surface area (Å²) in [5, 5.41) is 12.2. The molecule has 0 bridgehead atoms. The highest BCUT2D eigenvalue weighted by atomic mass is 16.2. The number of amides is 1. The molecule has 0 radical (unpaired) electrons. The van der Waals surface area contributed by atoms with Gasteiger partial charge in [-0.05, 0) is 42.3 Å². The van der Waals surface area contributed by atoms with Gasteiger partial charge in [0.25, 0.3) is 0 Å². The monoisotopic (exact) mass is 278 g/mol. The lowest BCUT2D eigenvalue weighted by molar-refractivity contribution is -0.118. The van der Waals surface area contributed by atoms with Crippen LogP contribution in [0.4, 0.5) is 17.2 Å². The van der Waals surface area contributed by atoms with Crippen molar-refractivity contribution in [3.63, 3.8) is 0 Å². The number of aromatic nitrogens is 1.